The van der Waals surface area contributed by atoms with Gasteiger partial charge in [0.2, 0.25) is 5.89 Å². The lowest BCUT2D eigenvalue weighted by Crippen LogP contribution is -2.35. The summed E-state index contributed by atoms with van der Waals surface area (Å²) in [6.45, 7) is 6.63. The number of rotatable bonds is 4. The Balaban J connectivity index is 2.10. The van der Waals surface area contributed by atoms with Crippen molar-refractivity contribution >= 4 is 46.5 Å². The summed E-state index contributed by atoms with van der Waals surface area (Å²) in [6.07, 6.45) is 0. The summed E-state index contributed by atoms with van der Waals surface area (Å²) in [6, 6.07) is 3.37. The quantitative estimate of drug-likeness (QED) is 0.840. The van der Waals surface area contributed by atoms with E-state index >= 15 is 0 Å². The van der Waals surface area contributed by atoms with Gasteiger partial charge in [0, 0.05) is 10.6 Å². The fourth-order valence-corrected chi connectivity index (χ4v) is 2.40. The Morgan fingerprint density at radius 1 is 1.10 bits per heavy atom. The minimum atomic E-state index is -0.0368. The van der Waals surface area contributed by atoms with Gasteiger partial charge in [-0.2, -0.15) is 0 Å². The van der Waals surface area contributed by atoms with Gasteiger partial charge in [-0.15, -0.1) is 5.10 Å². The summed E-state index contributed by atoms with van der Waals surface area (Å²) < 4.78 is 5.48. The average molecular weight is 350 g/mol. The summed E-state index contributed by atoms with van der Waals surface area (Å²) in [5.41, 5.74) is 0.437. The van der Waals surface area contributed by atoms with Gasteiger partial charge in [-0.1, -0.05) is 39.9 Å². The van der Waals surface area contributed by atoms with E-state index in [-0.39, 0.29) is 11.6 Å². The summed E-state index contributed by atoms with van der Waals surface area (Å²) in [7, 11) is 0. The highest BCUT2D eigenvalue weighted by molar-refractivity contribution is 6.41. The molecular formula is C13H15Cl3N4O. The summed E-state index contributed by atoms with van der Waals surface area (Å²) in [4.78, 5) is 0. The van der Waals surface area contributed by atoms with Gasteiger partial charge in [0.05, 0.1) is 22.3 Å². The van der Waals surface area contributed by atoms with Crippen molar-refractivity contribution in [2.75, 3.05) is 5.32 Å². The third kappa shape index (κ3) is 4.74. The molecule has 1 heterocycles. The maximum absolute atomic E-state index is 6.08. The van der Waals surface area contributed by atoms with E-state index in [9.17, 15) is 0 Å². The molecule has 0 radical (unpaired) electrons. The molecule has 1 aromatic heterocycles. The molecular weight excluding hydrogens is 335 g/mol. The molecule has 0 unspecified atom stereocenters. The van der Waals surface area contributed by atoms with Crippen molar-refractivity contribution in [1.82, 2.24) is 15.5 Å². The normalized spacial score (nSPS) is 11.7. The van der Waals surface area contributed by atoms with E-state index in [1.54, 1.807) is 12.1 Å². The van der Waals surface area contributed by atoms with Gasteiger partial charge in [0.25, 0.3) is 0 Å². The second-order valence-corrected chi connectivity index (χ2v) is 6.72. The van der Waals surface area contributed by atoms with Crippen LogP contribution in [0.1, 0.15) is 26.7 Å². The molecule has 0 fully saturated rings. The highest BCUT2D eigenvalue weighted by atomic mass is 35.5. The second-order valence-electron chi connectivity index (χ2n) is 5.47. The van der Waals surface area contributed by atoms with Crippen LogP contribution in [0, 0.1) is 0 Å². The average Bonchev–Trinajstić information content (AvgIpc) is 2.78. The zero-order valence-corrected chi connectivity index (χ0v) is 14.1. The largest absolute Gasteiger partial charge is 0.406 e. The molecule has 1 aromatic carbocycles. The van der Waals surface area contributed by atoms with Crippen molar-refractivity contribution in [3.63, 3.8) is 0 Å². The molecule has 0 bridgehead atoms. The summed E-state index contributed by atoms with van der Waals surface area (Å²) >= 11 is 18.0. The lowest BCUT2D eigenvalue weighted by atomic mass is 10.1. The molecule has 0 saturated carbocycles. The predicted octanol–water partition coefficient (Wildman–Crippen LogP) is 4.66. The van der Waals surface area contributed by atoms with Gasteiger partial charge in [-0.25, -0.2) is 0 Å². The van der Waals surface area contributed by atoms with Crippen LogP contribution in [0.25, 0.3) is 0 Å². The second kappa shape index (κ2) is 6.40. The van der Waals surface area contributed by atoms with Crippen LogP contribution >= 0.6 is 34.8 Å². The van der Waals surface area contributed by atoms with Crippen molar-refractivity contribution in [3.8, 4) is 0 Å². The summed E-state index contributed by atoms with van der Waals surface area (Å²) in [5, 5.41) is 15.2. The first-order valence-corrected chi connectivity index (χ1v) is 7.37. The predicted molar refractivity (Wildman–Crippen MR) is 85.6 cm³/mol. The molecule has 0 saturated heterocycles. The van der Waals surface area contributed by atoms with Crippen LogP contribution in [0.3, 0.4) is 0 Å². The van der Waals surface area contributed by atoms with Crippen molar-refractivity contribution in [2.45, 2.75) is 32.9 Å². The Hall–Kier alpha value is -1.01. The van der Waals surface area contributed by atoms with Crippen LogP contribution in [0.4, 0.5) is 11.7 Å². The molecule has 5 nitrogen and oxygen atoms in total. The molecule has 21 heavy (non-hydrogen) atoms. The number of halogens is 3. The van der Waals surface area contributed by atoms with Crippen LogP contribution in [0.15, 0.2) is 16.5 Å². The zero-order valence-electron chi connectivity index (χ0n) is 11.8. The Morgan fingerprint density at radius 3 is 2.29 bits per heavy atom. The number of hydrogen-bond acceptors (Lipinski definition) is 5. The third-order valence-corrected chi connectivity index (χ3v) is 3.29. The van der Waals surface area contributed by atoms with Crippen LogP contribution in [0.5, 0.6) is 0 Å². The molecule has 2 N–H and O–H groups in total. The van der Waals surface area contributed by atoms with E-state index in [2.05, 4.69) is 41.6 Å². The van der Waals surface area contributed by atoms with Crippen LogP contribution in [-0.4, -0.2) is 15.7 Å². The van der Waals surface area contributed by atoms with E-state index in [0.29, 0.717) is 33.2 Å². The molecule has 0 aliphatic rings. The molecule has 0 spiro atoms. The molecule has 2 aromatic rings. The molecule has 0 atom stereocenters. The number of hydrogen-bond donors (Lipinski definition) is 2. The third-order valence-electron chi connectivity index (χ3n) is 2.48. The highest BCUT2D eigenvalue weighted by Crippen LogP contribution is 2.35. The SMILES string of the molecule is CC(C)(C)NCc1nnc(Nc2c(Cl)cc(Cl)cc2Cl)o1. The Labute approximate surface area is 138 Å². The molecule has 0 aliphatic heterocycles. The smallest absolute Gasteiger partial charge is 0.320 e. The minimum absolute atomic E-state index is 0.0368. The fraction of sp³-hybridized carbons (Fsp3) is 0.385. The van der Waals surface area contributed by atoms with Crippen molar-refractivity contribution < 1.29 is 4.42 Å². The first kappa shape index (κ1) is 16.4. The van der Waals surface area contributed by atoms with Gasteiger partial charge in [-0.3, -0.25) is 0 Å². The number of nitrogens with zero attached hydrogens (tertiary/aromatic N) is 2. The van der Waals surface area contributed by atoms with Crippen molar-refractivity contribution in [2.24, 2.45) is 0 Å². The monoisotopic (exact) mass is 348 g/mol. The van der Waals surface area contributed by atoms with Gasteiger partial charge in [-0.05, 0) is 32.9 Å². The number of aromatic nitrogens is 2. The first-order chi connectivity index (χ1) is 9.74. The topological polar surface area (TPSA) is 63.0 Å². The molecule has 0 amide bonds. The molecule has 114 valence electrons. The Morgan fingerprint density at radius 2 is 1.71 bits per heavy atom. The van der Waals surface area contributed by atoms with Crippen molar-refractivity contribution in [3.05, 3.63) is 33.1 Å². The van der Waals surface area contributed by atoms with E-state index in [1.807, 2.05) is 0 Å². The Kier molecular flexibility index (Phi) is 4.99. The van der Waals surface area contributed by atoms with Crippen molar-refractivity contribution in [1.29, 1.82) is 0 Å². The fourth-order valence-electron chi connectivity index (χ4n) is 1.48. The van der Waals surface area contributed by atoms with Crippen LogP contribution in [-0.2, 0) is 6.54 Å². The number of benzene rings is 1. The minimum Gasteiger partial charge on any atom is -0.406 e. The van der Waals surface area contributed by atoms with E-state index < -0.39 is 0 Å². The lowest BCUT2D eigenvalue weighted by molar-refractivity contribution is 0.384. The first-order valence-electron chi connectivity index (χ1n) is 6.23. The van der Waals surface area contributed by atoms with E-state index in [0.717, 1.165) is 0 Å². The number of nitrogens with one attached hydrogen (secondary N) is 2. The standard InChI is InChI=1S/C13H15Cl3N4O/c1-13(2,3)17-6-10-19-20-12(21-10)18-11-8(15)4-7(14)5-9(11)16/h4-5,17H,6H2,1-3H3,(H,18,20). The van der Waals surface area contributed by atoms with Gasteiger partial charge >= 0.3 is 6.01 Å². The molecule has 8 heteroatoms. The maximum atomic E-state index is 6.08. The summed E-state index contributed by atoms with van der Waals surface area (Å²) in [5.74, 6) is 0.466. The van der Waals surface area contributed by atoms with Gasteiger partial charge < -0.3 is 15.1 Å². The van der Waals surface area contributed by atoms with Gasteiger partial charge in [0.15, 0.2) is 0 Å². The Bertz CT molecular complexity index is 614. The van der Waals surface area contributed by atoms with Crippen LogP contribution in [0.2, 0.25) is 15.1 Å². The van der Waals surface area contributed by atoms with E-state index in [4.69, 9.17) is 39.2 Å². The molecule has 0 aliphatic carbocycles. The zero-order chi connectivity index (χ0) is 15.6. The molecule has 2 rings (SSSR count). The number of anilines is 2. The lowest BCUT2D eigenvalue weighted by Gasteiger charge is -2.18. The maximum Gasteiger partial charge on any atom is 0.320 e. The van der Waals surface area contributed by atoms with E-state index in [1.165, 1.54) is 0 Å². The van der Waals surface area contributed by atoms with Crippen LogP contribution < -0.4 is 10.6 Å². The highest BCUT2D eigenvalue weighted by Gasteiger charge is 2.14. The van der Waals surface area contributed by atoms with Gasteiger partial charge in [0.1, 0.15) is 0 Å².